The minimum absolute atomic E-state index is 0.647. The first-order valence-electron chi connectivity index (χ1n) is 5.63. The van der Waals surface area contributed by atoms with E-state index in [0.717, 1.165) is 5.92 Å². The van der Waals surface area contributed by atoms with Crippen LogP contribution in [0.2, 0.25) is 0 Å². The van der Waals surface area contributed by atoms with E-state index in [1.54, 1.807) is 0 Å². The largest absolute Gasteiger partial charge is 0.313 e. The van der Waals surface area contributed by atoms with Crippen molar-refractivity contribution in [3.05, 3.63) is 11.6 Å². The number of likely N-dealkylation sites (N-methyl/N-ethyl adjacent to an activating group) is 1. The number of nitrogens with one attached hydrogen (secondary N) is 1. The molecule has 2 unspecified atom stereocenters. The third-order valence-electron chi connectivity index (χ3n) is 2.80. The standard InChI is InChI=1S/C10H19N.C2H6/c1-4-9-7-5-6-8(2)10(9)11-3;1-2/h6,9-11H,4-5,7H2,1-3H3;1-2H3. The predicted molar refractivity (Wildman–Crippen MR) is 61.0 cm³/mol. The maximum atomic E-state index is 3.39. The monoisotopic (exact) mass is 183 g/mol. The van der Waals surface area contributed by atoms with E-state index < -0.39 is 0 Å². The fourth-order valence-electron chi connectivity index (χ4n) is 2.09. The molecule has 78 valence electrons. The Bertz CT molecular complexity index is 149. The highest BCUT2D eigenvalue weighted by Gasteiger charge is 2.21. The smallest absolute Gasteiger partial charge is 0.0302 e. The van der Waals surface area contributed by atoms with Crippen LogP contribution >= 0.6 is 0 Å². The van der Waals surface area contributed by atoms with Gasteiger partial charge in [-0.3, -0.25) is 0 Å². The van der Waals surface area contributed by atoms with E-state index in [0.29, 0.717) is 6.04 Å². The highest BCUT2D eigenvalue weighted by atomic mass is 14.9. The lowest BCUT2D eigenvalue weighted by Gasteiger charge is -2.30. The molecule has 0 aromatic carbocycles. The van der Waals surface area contributed by atoms with Gasteiger partial charge in [-0.2, -0.15) is 0 Å². The summed E-state index contributed by atoms with van der Waals surface area (Å²) in [5.74, 6) is 0.866. The Morgan fingerprint density at radius 3 is 2.46 bits per heavy atom. The maximum absolute atomic E-state index is 3.39. The van der Waals surface area contributed by atoms with E-state index in [1.165, 1.54) is 24.8 Å². The Labute approximate surface area is 83.6 Å². The normalized spacial score (nSPS) is 27.3. The van der Waals surface area contributed by atoms with Gasteiger partial charge in [-0.15, -0.1) is 0 Å². The second-order valence-corrected chi connectivity index (χ2v) is 3.46. The predicted octanol–water partition coefficient (Wildman–Crippen LogP) is 3.37. The first kappa shape index (κ1) is 12.7. The van der Waals surface area contributed by atoms with Crippen molar-refractivity contribution in [2.75, 3.05) is 7.05 Å². The van der Waals surface area contributed by atoms with Gasteiger partial charge in [0.2, 0.25) is 0 Å². The van der Waals surface area contributed by atoms with Gasteiger partial charge >= 0.3 is 0 Å². The van der Waals surface area contributed by atoms with Crippen LogP contribution < -0.4 is 5.32 Å². The van der Waals surface area contributed by atoms with Crippen LogP contribution in [-0.2, 0) is 0 Å². The molecular formula is C12H25N. The molecule has 0 fully saturated rings. The van der Waals surface area contributed by atoms with Gasteiger partial charge in [0.1, 0.15) is 0 Å². The van der Waals surface area contributed by atoms with Crippen molar-refractivity contribution in [2.45, 2.75) is 53.0 Å². The molecule has 0 saturated heterocycles. The summed E-state index contributed by atoms with van der Waals surface area (Å²) >= 11 is 0. The highest BCUT2D eigenvalue weighted by Crippen LogP contribution is 2.26. The molecule has 1 aliphatic carbocycles. The van der Waals surface area contributed by atoms with Gasteiger partial charge in [0.25, 0.3) is 0 Å². The third kappa shape index (κ3) is 3.51. The van der Waals surface area contributed by atoms with E-state index in [2.05, 4.69) is 32.3 Å². The molecule has 0 heterocycles. The molecule has 1 nitrogen and oxygen atoms in total. The Morgan fingerprint density at radius 1 is 1.46 bits per heavy atom. The highest BCUT2D eigenvalue weighted by molar-refractivity contribution is 5.12. The van der Waals surface area contributed by atoms with Gasteiger partial charge in [0, 0.05) is 6.04 Å². The topological polar surface area (TPSA) is 12.0 Å². The van der Waals surface area contributed by atoms with Crippen LogP contribution in [0.4, 0.5) is 0 Å². The van der Waals surface area contributed by atoms with Crippen molar-refractivity contribution in [3.8, 4) is 0 Å². The molecule has 0 bridgehead atoms. The zero-order valence-electron chi connectivity index (χ0n) is 9.85. The van der Waals surface area contributed by atoms with Crippen LogP contribution in [0.3, 0.4) is 0 Å². The molecule has 0 aromatic heterocycles. The second kappa shape index (κ2) is 7.14. The van der Waals surface area contributed by atoms with Gasteiger partial charge in [0.05, 0.1) is 0 Å². The number of hydrogen-bond donors (Lipinski definition) is 1. The van der Waals surface area contributed by atoms with Crippen LogP contribution in [0, 0.1) is 5.92 Å². The first-order chi connectivity index (χ1) is 6.29. The summed E-state index contributed by atoms with van der Waals surface area (Å²) in [4.78, 5) is 0. The Morgan fingerprint density at radius 2 is 2.08 bits per heavy atom. The van der Waals surface area contributed by atoms with Gasteiger partial charge < -0.3 is 5.32 Å². The first-order valence-corrected chi connectivity index (χ1v) is 5.63. The quantitative estimate of drug-likeness (QED) is 0.647. The summed E-state index contributed by atoms with van der Waals surface area (Å²) in [5.41, 5.74) is 1.53. The van der Waals surface area contributed by atoms with E-state index in [-0.39, 0.29) is 0 Å². The van der Waals surface area contributed by atoms with Crippen LogP contribution in [0.25, 0.3) is 0 Å². The summed E-state index contributed by atoms with van der Waals surface area (Å²) in [6, 6.07) is 0.647. The van der Waals surface area contributed by atoms with E-state index in [1.807, 2.05) is 13.8 Å². The molecule has 2 atom stereocenters. The van der Waals surface area contributed by atoms with Crippen molar-refractivity contribution in [2.24, 2.45) is 5.92 Å². The molecule has 0 aromatic rings. The van der Waals surface area contributed by atoms with Crippen molar-refractivity contribution in [1.29, 1.82) is 0 Å². The second-order valence-electron chi connectivity index (χ2n) is 3.46. The Hall–Kier alpha value is -0.300. The van der Waals surface area contributed by atoms with Gasteiger partial charge in [-0.25, -0.2) is 0 Å². The van der Waals surface area contributed by atoms with Gasteiger partial charge in [-0.1, -0.05) is 38.8 Å². The summed E-state index contributed by atoms with van der Waals surface area (Å²) in [6.07, 6.45) is 6.31. The Balaban J connectivity index is 0.000000671. The average molecular weight is 183 g/mol. The molecule has 1 heteroatoms. The lowest BCUT2D eigenvalue weighted by Crippen LogP contribution is -2.36. The summed E-state index contributed by atoms with van der Waals surface area (Å²) in [6.45, 7) is 8.52. The number of rotatable bonds is 2. The van der Waals surface area contributed by atoms with Crippen molar-refractivity contribution < 1.29 is 0 Å². The van der Waals surface area contributed by atoms with Gasteiger partial charge in [0.15, 0.2) is 0 Å². The molecule has 0 aliphatic heterocycles. The summed E-state index contributed by atoms with van der Waals surface area (Å²) < 4.78 is 0. The van der Waals surface area contributed by atoms with Gasteiger partial charge in [-0.05, 0) is 32.7 Å². The van der Waals surface area contributed by atoms with Crippen LogP contribution in [-0.4, -0.2) is 13.1 Å². The molecule has 0 saturated carbocycles. The van der Waals surface area contributed by atoms with E-state index >= 15 is 0 Å². The molecule has 0 amide bonds. The Kier molecular flexibility index (Phi) is 6.97. The molecule has 13 heavy (non-hydrogen) atoms. The molecule has 1 rings (SSSR count). The lowest BCUT2D eigenvalue weighted by molar-refractivity contribution is 0.361. The third-order valence-corrected chi connectivity index (χ3v) is 2.80. The van der Waals surface area contributed by atoms with E-state index in [9.17, 15) is 0 Å². The minimum Gasteiger partial charge on any atom is -0.313 e. The number of allylic oxidation sites excluding steroid dienone is 1. The average Bonchev–Trinajstić information content (AvgIpc) is 2.20. The summed E-state index contributed by atoms with van der Waals surface area (Å²) in [7, 11) is 2.07. The molecule has 1 aliphatic rings. The van der Waals surface area contributed by atoms with Crippen LogP contribution in [0.1, 0.15) is 47.0 Å². The van der Waals surface area contributed by atoms with Crippen molar-refractivity contribution in [1.82, 2.24) is 5.32 Å². The van der Waals surface area contributed by atoms with Crippen LogP contribution in [0.5, 0.6) is 0 Å². The van der Waals surface area contributed by atoms with Crippen molar-refractivity contribution in [3.63, 3.8) is 0 Å². The minimum atomic E-state index is 0.647. The zero-order chi connectivity index (χ0) is 10.3. The van der Waals surface area contributed by atoms with Crippen LogP contribution in [0.15, 0.2) is 11.6 Å². The fraction of sp³-hybridized carbons (Fsp3) is 0.833. The molecule has 0 spiro atoms. The lowest BCUT2D eigenvalue weighted by atomic mass is 9.83. The SMILES string of the molecule is CC.CCC1CCC=C(C)C1NC. The zero-order valence-corrected chi connectivity index (χ0v) is 9.85. The fourth-order valence-corrected chi connectivity index (χ4v) is 2.09. The maximum Gasteiger partial charge on any atom is 0.0302 e. The van der Waals surface area contributed by atoms with E-state index in [4.69, 9.17) is 0 Å². The molecule has 1 N–H and O–H groups in total. The molecular weight excluding hydrogens is 158 g/mol. The summed E-state index contributed by atoms with van der Waals surface area (Å²) in [5, 5.41) is 3.39. The molecule has 0 radical (unpaired) electrons. The number of hydrogen-bond acceptors (Lipinski definition) is 1. The van der Waals surface area contributed by atoms with Crippen molar-refractivity contribution >= 4 is 0 Å².